The van der Waals surface area contributed by atoms with Crippen molar-refractivity contribution in [3.05, 3.63) is 83.5 Å². The van der Waals surface area contributed by atoms with Crippen LogP contribution in [0.3, 0.4) is 0 Å². The maximum absolute atomic E-state index is 13.9. The molecule has 1 atom stereocenters. The summed E-state index contributed by atoms with van der Waals surface area (Å²) < 4.78 is 24.3. The van der Waals surface area contributed by atoms with Crippen LogP contribution in [0.2, 0.25) is 5.02 Å². The summed E-state index contributed by atoms with van der Waals surface area (Å²) in [5, 5.41) is 0.522. The van der Waals surface area contributed by atoms with Gasteiger partial charge in [0, 0.05) is 10.6 Å². The number of thiazole rings is 1. The Labute approximate surface area is 222 Å². The van der Waals surface area contributed by atoms with E-state index in [2.05, 4.69) is 4.99 Å². The number of nitrogens with zero attached hydrogens (tertiary/aromatic N) is 2. The van der Waals surface area contributed by atoms with Crippen molar-refractivity contribution in [3.63, 3.8) is 0 Å². The number of rotatable bonds is 6. The first kappa shape index (κ1) is 25.1. The number of ether oxygens (including phenoxy) is 4. The van der Waals surface area contributed by atoms with Gasteiger partial charge in [-0.25, -0.2) is 9.79 Å². The molecular formula is C27H25ClN2O6S. The molecular weight excluding hydrogens is 516 g/mol. The van der Waals surface area contributed by atoms with Crippen LogP contribution in [0.15, 0.2) is 57.5 Å². The van der Waals surface area contributed by atoms with Gasteiger partial charge in [0.2, 0.25) is 6.79 Å². The molecule has 1 aromatic heterocycles. The number of fused-ring (bicyclic) bond motifs is 2. The average Bonchev–Trinajstić information content (AvgIpc) is 3.43. The third-order valence-electron chi connectivity index (χ3n) is 5.85. The minimum absolute atomic E-state index is 0.0599. The van der Waals surface area contributed by atoms with Gasteiger partial charge in [-0.1, -0.05) is 29.0 Å². The van der Waals surface area contributed by atoms with Crippen LogP contribution in [0.4, 0.5) is 0 Å². The summed E-state index contributed by atoms with van der Waals surface area (Å²) in [4.78, 5) is 32.0. The molecule has 0 unspecified atom stereocenters. The molecule has 192 valence electrons. The Morgan fingerprint density at radius 3 is 2.78 bits per heavy atom. The molecule has 10 heteroatoms. The van der Waals surface area contributed by atoms with Crippen LogP contribution in [0.1, 0.15) is 44.9 Å². The van der Waals surface area contributed by atoms with E-state index in [-0.39, 0.29) is 25.1 Å². The van der Waals surface area contributed by atoms with Crippen LogP contribution in [0, 0.1) is 0 Å². The molecule has 37 heavy (non-hydrogen) atoms. The van der Waals surface area contributed by atoms with Crippen LogP contribution in [0.25, 0.3) is 6.08 Å². The third kappa shape index (κ3) is 4.76. The molecule has 2 aliphatic rings. The fraction of sp³-hybridized carbons (Fsp3) is 0.296. The summed E-state index contributed by atoms with van der Waals surface area (Å²) in [6.45, 7) is 7.65. The van der Waals surface area contributed by atoms with Crippen molar-refractivity contribution >= 4 is 35.0 Å². The zero-order valence-electron chi connectivity index (χ0n) is 20.7. The summed E-state index contributed by atoms with van der Waals surface area (Å²) in [5.74, 6) is 1.24. The Balaban J connectivity index is 1.72. The van der Waals surface area contributed by atoms with E-state index in [9.17, 15) is 9.59 Å². The van der Waals surface area contributed by atoms with Crippen LogP contribution in [-0.2, 0) is 9.53 Å². The highest BCUT2D eigenvalue weighted by molar-refractivity contribution is 7.07. The molecule has 0 N–H and O–H groups in total. The monoisotopic (exact) mass is 540 g/mol. The van der Waals surface area contributed by atoms with Gasteiger partial charge in [0.15, 0.2) is 16.3 Å². The van der Waals surface area contributed by atoms with Gasteiger partial charge in [0.05, 0.1) is 34.6 Å². The highest BCUT2D eigenvalue weighted by atomic mass is 35.5. The number of carbonyl (C=O) groups is 1. The second-order valence-electron chi connectivity index (χ2n) is 8.76. The average molecular weight is 541 g/mol. The van der Waals surface area contributed by atoms with E-state index in [1.54, 1.807) is 50.3 Å². The molecule has 0 spiro atoms. The molecule has 2 aromatic carbocycles. The molecule has 8 nitrogen and oxygen atoms in total. The van der Waals surface area contributed by atoms with Crippen LogP contribution >= 0.6 is 22.9 Å². The molecule has 0 saturated heterocycles. The lowest BCUT2D eigenvalue weighted by atomic mass is 9.95. The number of hydrogen-bond donors (Lipinski definition) is 0. The summed E-state index contributed by atoms with van der Waals surface area (Å²) in [6, 6.07) is 9.90. The Kier molecular flexibility index (Phi) is 6.83. The van der Waals surface area contributed by atoms with Gasteiger partial charge in [-0.2, -0.15) is 0 Å². The van der Waals surface area contributed by atoms with Crippen molar-refractivity contribution in [3.8, 4) is 17.2 Å². The highest BCUT2D eigenvalue weighted by Crippen LogP contribution is 2.38. The van der Waals surface area contributed by atoms with Crippen molar-refractivity contribution < 1.29 is 23.7 Å². The Bertz CT molecular complexity index is 1600. The lowest BCUT2D eigenvalue weighted by molar-refractivity contribution is -0.139. The van der Waals surface area contributed by atoms with Gasteiger partial charge in [-0.3, -0.25) is 9.36 Å². The van der Waals surface area contributed by atoms with E-state index in [4.69, 9.17) is 30.5 Å². The third-order valence-corrected chi connectivity index (χ3v) is 7.07. The Morgan fingerprint density at radius 2 is 2.03 bits per heavy atom. The number of benzene rings is 2. The lowest BCUT2D eigenvalue weighted by Crippen LogP contribution is -2.39. The molecule has 0 aliphatic carbocycles. The topological polar surface area (TPSA) is 88.4 Å². The van der Waals surface area contributed by atoms with E-state index in [1.807, 2.05) is 19.9 Å². The smallest absolute Gasteiger partial charge is 0.338 e. The number of esters is 1. The van der Waals surface area contributed by atoms with E-state index in [0.717, 1.165) is 0 Å². The highest BCUT2D eigenvalue weighted by Gasteiger charge is 2.34. The normalized spacial score (nSPS) is 16.6. The molecule has 0 amide bonds. The predicted molar refractivity (Wildman–Crippen MR) is 140 cm³/mol. The fourth-order valence-corrected chi connectivity index (χ4v) is 5.54. The fourth-order valence-electron chi connectivity index (χ4n) is 4.32. The second-order valence-corrected chi connectivity index (χ2v) is 10.2. The van der Waals surface area contributed by atoms with E-state index in [1.165, 1.54) is 15.9 Å². The van der Waals surface area contributed by atoms with Crippen LogP contribution < -0.4 is 29.1 Å². The second kappa shape index (κ2) is 10.1. The van der Waals surface area contributed by atoms with Gasteiger partial charge < -0.3 is 18.9 Å². The van der Waals surface area contributed by atoms with Crippen molar-refractivity contribution in [2.24, 2.45) is 4.99 Å². The minimum atomic E-state index is -0.752. The van der Waals surface area contributed by atoms with Gasteiger partial charge in [0.25, 0.3) is 5.56 Å². The molecule has 3 aromatic rings. The van der Waals surface area contributed by atoms with Crippen molar-refractivity contribution in [1.82, 2.24) is 4.57 Å². The largest absolute Gasteiger partial charge is 0.490 e. The van der Waals surface area contributed by atoms with Crippen molar-refractivity contribution in [2.75, 3.05) is 13.4 Å². The van der Waals surface area contributed by atoms with Crippen molar-refractivity contribution in [1.29, 1.82) is 0 Å². The van der Waals surface area contributed by atoms with E-state index in [0.29, 0.717) is 54.0 Å². The molecule has 2 aliphatic heterocycles. The number of halogens is 1. The van der Waals surface area contributed by atoms with Crippen molar-refractivity contribution in [2.45, 2.75) is 39.8 Å². The van der Waals surface area contributed by atoms with E-state index >= 15 is 0 Å². The maximum atomic E-state index is 13.9. The van der Waals surface area contributed by atoms with Crippen LogP contribution in [-0.4, -0.2) is 30.0 Å². The first-order valence-electron chi connectivity index (χ1n) is 11.8. The first-order chi connectivity index (χ1) is 17.8. The summed E-state index contributed by atoms with van der Waals surface area (Å²) in [7, 11) is 0. The van der Waals surface area contributed by atoms with E-state index < -0.39 is 12.0 Å². The zero-order chi connectivity index (χ0) is 26.3. The number of hydrogen-bond acceptors (Lipinski definition) is 8. The SMILES string of the molecule is CCOC(=O)C1=C(C)N=c2s/c(=C/c3cc(Cl)ccc3OC(C)C)c(=O)n2[C@H]1c1ccc2c(c1)OCO2. The standard InChI is InChI=1S/C27H25ClN2O6S/c1-5-33-26(32)23-15(4)29-27-30(24(23)16-6-8-20-21(11-16)35-13-34-20)25(31)22(37-27)12-17-10-18(28)7-9-19(17)36-14(2)3/h6-12,14,24H,5,13H2,1-4H3/b22-12+/t24-/m0/s1. The molecule has 5 rings (SSSR count). The van der Waals surface area contributed by atoms with Gasteiger partial charge in [-0.15, -0.1) is 0 Å². The van der Waals surface area contributed by atoms with Gasteiger partial charge >= 0.3 is 5.97 Å². The maximum Gasteiger partial charge on any atom is 0.338 e. The van der Waals surface area contributed by atoms with Gasteiger partial charge in [0.1, 0.15) is 5.75 Å². The summed E-state index contributed by atoms with van der Waals surface area (Å²) in [5.41, 5.74) is 1.84. The predicted octanol–water partition coefficient (Wildman–Crippen LogP) is 3.97. The summed E-state index contributed by atoms with van der Waals surface area (Å²) in [6.07, 6.45) is 1.68. The molecule has 0 bridgehead atoms. The number of allylic oxidation sites excluding steroid dienone is 1. The molecule has 3 heterocycles. The quantitative estimate of drug-likeness (QED) is 0.440. The number of aromatic nitrogens is 1. The molecule has 0 radical (unpaired) electrons. The zero-order valence-corrected chi connectivity index (χ0v) is 22.3. The summed E-state index contributed by atoms with van der Waals surface area (Å²) >= 11 is 7.49. The molecule has 0 fully saturated rings. The lowest BCUT2D eigenvalue weighted by Gasteiger charge is -2.24. The number of carbonyl (C=O) groups excluding carboxylic acids is 1. The first-order valence-corrected chi connectivity index (χ1v) is 13.0. The molecule has 0 saturated carbocycles. The Hall–Kier alpha value is -3.56. The van der Waals surface area contributed by atoms with Gasteiger partial charge in [-0.05, 0) is 69.7 Å². The minimum Gasteiger partial charge on any atom is -0.490 e. The van der Waals surface area contributed by atoms with Crippen LogP contribution in [0.5, 0.6) is 17.2 Å². The Morgan fingerprint density at radius 1 is 1.24 bits per heavy atom.